The van der Waals surface area contributed by atoms with Crippen LogP contribution in [0.3, 0.4) is 0 Å². The van der Waals surface area contributed by atoms with E-state index in [0.717, 1.165) is 0 Å². The number of H-pyrrole nitrogens is 2. The zero-order chi connectivity index (χ0) is 12.3. The molecule has 0 aliphatic rings. The van der Waals surface area contributed by atoms with Crippen molar-refractivity contribution in [3.8, 4) is 0 Å². The SMILES string of the molecule is CC(Cn1ccnc1)Nc1n[nH]c(=O)[nH]c1=O. The Balaban J connectivity index is 2.05. The zero-order valence-corrected chi connectivity index (χ0v) is 9.17. The van der Waals surface area contributed by atoms with Gasteiger partial charge in [0.05, 0.1) is 6.33 Å². The quantitative estimate of drug-likeness (QED) is 0.641. The van der Waals surface area contributed by atoms with E-state index in [4.69, 9.17) is 0 Å². The van der Waals surface area contributed by atoms with Crippen molar-refractivity contribution < 1.29 is 0 Å². The molecule has 8 heteroatoms. The van der Waals surface area contributed by atoms with E-state index >= 15 is 0 Å². The molecule has 8 nitrogen and oxygen atoms in total. The highest BCUT2D eigenvalue weighted by molar-refractivity contribution is 5.29. The standard InChI is InChI=1S/C9H12N6O2/c1-6(4-15-3-2-10-5-15)11-7-8(16)12-9(17)14-13-7/h2-3,5-6H,4H2,1H3,(H,11,13)(H2,12,14,16,17). The molecule has 1 atom stereocenters. The molecule has 2 heterocycles. The Kier molecular flexibility index (Phi) is 3.03. The second-order valence-electron chi connectivity index (χ2n) is 3.66. The van der Waals surface area contributed by atoms with Crippen LogP contribution in [-0.4, -0.2) is 30.8 Å². The summed E-state index contributed by atoms with van der Waals surface area (Å²) in [7, 11) is 0. The van der Waals surface area contributed by atoms with Gasteiger partial charge >= 0.3 is 5.69 Å². The molecule has 2 aromatic rings. The molecule has 0 bridgehead atoms. The van der Waals surface area contributed by atoms with E-state index in [1.165, 1.54) is 0 Å². The van der Waals surface area contributed by atoms with Gasteiger partial charge in [-0.25, -0.2) is 14.9 Å². The van der Waals surface area contributed by atoms with Crippen molar-refractivity contribution in [2.75, 3.05) is 5.32 Å². The first-order valence-corrected chi connectivity index (χ1v) is 5.06. The molecule has 0 amide bonds. The third kappa shape index (κ3) is 2.80. The normalized spacial score (nSPS) is 12.3. The third-order valence-electron chi connectivity index (χ3n) is 2.14. The van der Waals surface area contributed by atoms with E-state index in [2.05, 4.69) is 25.5 Å². The van der Waals surface area contributed by atoms with Gasteiger partial charge in [0.25, 0.3) is 5.56 Å². The van der Waals surface area contributed by atoms with Crippen LogP contribution in [0.15, 0.2) is 28.3 Å². The molecule has 0 radical (unpaired) electrons. The van der Waals surface area contributed by atoms with Gasteiger partial charge in [-0.15, -0.1) is 5.10 Å². The van der Waals surface area contributed by atoms with Crippen molar-refractivity contribution >= 4 is 5.82 Å². The Labute approximate surface area is 95.7 Å². The average Bonchev–Trinajstić information content (AvgIpc) is 2.75. The molecule has 0 saturated heterocycles. The molecule has 90 valence electrons. The highest BCUT2D eigenvalue weighted by Crippen LogP contribution is 1.97. The lowest BCUT2D eigenvalue weighted by Crippen LogP contribution is -2.31. The van der Waals surface area contributed by atoms with Crippen molar-refractivity contribution in [2.45, 2.75) is 19.5 Å². The molecule has 2 rings (SSSR count). The van der Waals surface area contributed by atoms with E-state index in [0.29, 0.717) is 6.54 Å². The molecular weight excluding hydrogens is 224 g/mol. The molecule has 0 fully saturated rings. The zero-order valence-electron chi connectivity index (χ0n) is 9.17. The van der Waals surface area contributed by atoms with Crippen LogP contribution >= 0.6 is 0 Å². The number of nitrogens with zero attached hydrogens (tertiary/aromatic N) is 3. The van der Waals surface area contributed by atoms with E-state index < -0.39 is 11.2 Å². The van der Waals surface area contributed by atoms with E-state index in [9.17, 15) is 9.59 Å². The fraction of sp³-hybridized carbons (Fsp3) is 0.333. The average molecular weight is 236 g/mol. The van der Waals surface area contributed by atoms with Crippen LogP contribution in [0.25, 0.3) is 0 Å². The summed E-state index contributed by atoms with van der Waals surface area (Å²) in [5, 5.41) is 8.69. The minimum absolute atomic E-state index is 0.0243. The number of hydrogen-bond donors (Lipinski definition) is 3. The van der Waals surface area contributed by atoms with Crippen molar-refractivity contribution in [1.29, 1.82) is 0 Å². The smallest absolute Gasteiger partial charge is 0.342 e. The summed E-state index contributed by atoms with van der Waals surface area (Å²) in [5.41, 5.74) is -1.16. The molecule has 0 aromatic carbocycles. The minimum Gasteiger partial charge on any atom is -0.360 e. The second kappa shape index (κ2) is 4.64. The first-order chi connectivity index (χ1) is 8.15. The van der Waals surface area contributed by atoms with Gasteiger partial charge < -0.3 is 9.88 Å². The Morgan fingerprint density at radius 2 is 2.35 bits per heavy atom. The van der Waals surface area contributed by atoms with Crippen LogP contribution in [0.5, 0.6) is 0 Å². The minimum atomic E-state index is -0.622. The third-order valence-corrected chi connectivity index (χ3v) is 2.14. The Morgan fingerprint density at radius 3 is 3.00 bits per heavy atom. The molecule has 0 saturated carbocycles. The highest BCUT2D eigenvalue weighted by atomic mass is 16.2. The van der Waals surface area contributed by atoms with Gasteiger partial charge in [0, 0.05) is 25.0 Å². The first kappa shape index (κ1) is 11.1. The maximum Gasteiger partial charge on any atom is 0.342 e. The lowest BCUT2D eigenvalue weighted by atomic mass is 10.3. The fourth-order valence-corrected chi connectivity index (χ4v) is 1.44. The maximum atomic E-state index is 11.4. The van der Waals surface area contributed by atoms with E-state index in [1.54, 1.807) is 12.5 Å². The van der Waals surface area contributed by atoms with Gasteiger partial charge in [-0.05, 0) is 6.92 Å². The van der Waals surface area contributed by atoms with Gasteiger partial charge in [-0.3, -0.25) is 9.78 Å². The van der Waals surface area contributed by atoms with Crippen LogP contribution in [0.2, 0.25) is 0 Å². The largest absolute Gasteiger partial charge is 0.360 e. The fourth-order valence-electron chi connectivity index (χ4n) is 1.44. The maximum absolute atomic E-state index is 11.4. The molecule has 1 unspecified atom stereocenters. The summed E-state index contributed by atoms with van der Waals surface area (Å²) in [4.78, 5) is 28.1. The predicted molar refractivity (Wildman–Crippen MR) is 60.8 cm³/mol. The lowest BCUT2D eigenvalue weighted by molar-refractivity contribution is 0.614. The summed E-state index contributed by atoms with van der Waals surface area (Å²) in [6.45, 7) is 2.53. The first-order valence-electron chi connectivity index (χ1n) is 5.06. The van der Waals surface area contributed by atoms with Crippen LogP contribution in [0.1, 0.15) is 6.92 Å². The van der Waals surface area contributed by atoms with Gasteiger partial charge in [0.15, 0.2) is 0 Å². The molecule has 0 aliphatic carbocycles. The number of aromatic amines is 2. The number of anilines is 1. The van der Waals surface area contributed by atoms with Gasteiger partial charge in [0.1, 0.15) is 0 Å². The van der Waals surface area contributed by atoms with Crippen molar-refractivity contribution in [1.82, 2.24) is 24.7 Å². The number of hydrogen-bond acceptors (Lipinski definition) is 5. The molecule has 3 N–H and O–H groups in total. The van der Waals surface area contributed by atoms with Crippen molar-refractivity contribution in [2.24, 2.45) is 0 Å². The summed E-state index contributed by atoms with van der Waals surface area (Å²) < 4.78 is 1.87. The Hall–Kier alpha value is -2.38. The summed E-state index contributed by atoms with van der Waals surface area (Å²) >= 11 is 0. The number of aromatic nitrogens is 5. The second-order valence-corrected chi connectivity index (χ2v) is 3.66. The highest BCUT2D eigenvalue weighted by Gasteiger charge is 2.07. The number of imidazole rings is 1. The van der Waals surface area contributed by atoms with E-state index in [-0.39, 0.29) is 11.9 Å². The predicted octanol–water partition coefficient (Wildman–Crippen LogP) is -0.845. The van der Waals surface area contributed by atoms with Crippen molar-refractivity contribution in [3.05, 3.63) is 39.6 Å². The van der Waals surface area contributed by atoms with Crippen molar-refractivity contribution in [3.63, 3.8) is 0 Å². The van der Waals surface area contributed by atoms with Crippen LogP contribution in [0.4, 0.5) is 5.82 Å². The Morgan fingerprint density at radius 1 is 1.53 bits per heavy atom. The summed E-state index contributed by atoms with van der Waals surface area (Å²) in [6, 6.07) is -0.0243. The molecule has 17 heavy (non-hydrogen) atoms. The molecule has 0 spiro atoms. The van der Waals surface area contributed by atoms with Crippen LogP contribution < -0.4 is 16.6 Å². The lowest BCUT2D eigenvalue weighted by Gasteiger charge is -2.13. The molecule has 2 aromatic heterocycles. The Bertz CT molecular complexity index is 584. The monoisotopic (exact) mass is 236 g/mol. The summed E-state index contributed by atoms with van der Waals surface area (Å²) in [5.74, 6) is 0.0946. The summed E-state index contributed by atoms with van der Waals surface area (Å²) in [6.07, 6.45) is 5.18. The van der Waals surface area contributed by atoms with E-state index in [1.807, 2.05) is 17.7 Å². The van der Waals surface area contributed by atoms with Crippen LogP contribution in [-0.2, 0) is 6.54 Å². The van der Waals surface area contributed by atoms with Gasteiger partial charge in [-0.1, -0.05) is 0 Å². The molecular formula is C9H12N6O2. The molecule has 0 aliphatic heterocycles. The van der Waals surface area contributed by atoms with Gasteiger partial charge in [0.2, 0.25) is 5.82 Å². The van der Waals surface area contributed by atoms with Gasteiger partial charge in [-0.2, -0.15) is 0 Å². The number of nitrogens with one attached hydrogen (secondary N) is 3. The number of rotatable bonds is 4. The topological polar surface area (TPSA) is 108 Å². The van der Waals surface area contributed by atoms with Crippen LogP contribution in [0, 0.1) is 0 Å².